The molecule has 0 bridgehead atoms. The molecule has 0 spiro atoms. The first-order chi connectivity index (χ1) is 8.17. The molecule has 94 valence electrons. The van der Waals surface area contributed by atoms with Gasteiger partial charge in [-0.25, -0.2) is 4.39 Å². The summed E-state index contributed by atoms with van der Waals surface area (Å²) in [5.41, 5.74) is 0.231. The number of ketones is 1. The fourth-order valence-corrected chi connectivity index (χ4v) is 1.37. The van der Waals surface area contributed by atoms with Gasteiger partial charge in [0.15, 0.2) is 12.1 Å². The molecule has 0 aromatic carbocycles. The summed E-state index contributed by atoms with van der Waals surface area (Å²) in [7, 11) is 0. The maximum absolute atomic E-state index is 12.9. The van der Waals surface area contributed by atoms with Crippen LogP contribution in [0.3, 0.4) is 0 Å². The lowest BCUT2D eigenvalue weighted by atomic mass is 10.1. The molecule has 0 fully saturated rings. The van der Waals surface area contributed by atoms with Gasteiger partial charge in [0.25, 0.3) is 0 Å². The van der Waals surface area contributed by atoms with Crippen molar-refractivity contribution in [1.82, 2.24) is 4.98 Å². The summed E-state index contributed by atoms with van der Waals surface area (Å²) in [6.07, 6.45) is 1.87. The first-order valence-electron chi connectivity index (χ1n) is 5.54. The zero-order chi connectivity index (χ0) is 12.7. The highest BCUT2D eigenvalue weighted by Crippen LogP contribution is 2.09. The Morgan fingerprint density at radius 3 is 2.53 bits per heavy atom. The lowest BCUT2D eigenvalue weighted by Crippen LogP contribution is -2.21. The van der Waals surface area contributed by atoms with Crippen molar-refractivity contribution in [3.8, 4) is 0 Å². The summed E-state index contributed by atoms with van der Waals surface area (Å²) in [5.74, 6) is -0.774. The Morgan fingerprint density at radius 1 is 1.35 bits per heavy atom. The third-order valence-corrected chi connectivity index (χ3v) is 2.08. The van der Waals surface area contributed by atoms with Crippen LogP contribution in [0.1, 0.15) is 30.6 Å². The molecule has 17 heavy (non-hydrogen) atoms. The Hall–Kier alpha value is -1.33. The van der Waals surface area contributed by atoms with E-state index in [1.165, 1.54) is 6.20 Å². The van der Waals surface area contributed by atoms with Gasteiger partial charge in [-0.3, -0.25) is 9.78 Å². The number of halogens is 1. The van der Waals surface area contributed by atoms with Crippen molar-refractivity contribution >= 4 is 5.78 Å². The topological polar surface area (TPSA) is 48.4 Å². The molecule has 0 amide bonds. The molecule has 5 heteroatoms. The quantitative estimate of drug-likeness (QED) is 0.542. The Labute approximate surface area is 99.8 Å². The van der Waals surface area contributed by atoms with Gasteiger partial charge in [0.1, 0.15) is 5.82 Å². The third-order valence-electron chi connectivity index (χ3n) is 2.08. The average Bonchev–Trinajstić information content (AvgIpc) is 2.29. The zero-order valence-corrected chi connectivity index (χ0v) is 9.98. The van der Waals surface area contributed by atoms with Crippen LogP contribution in [-0.4, -0.2) is 30.3 Å². The molecule has 1 aromatic rings. The summed E-state index contributed by atoms with van der Waals surface area (Å²) in [6, 6.07) is 1.16. The maximum atomic E-state index is 12.9. The van der Waals surface area contributed by atoms with Crippen LogP contribution >= 0.6 is 0 Å². The van der Waals surface area contributed by atoms with E-state index in [1.807, 2.05) is 13.8 Å². The maximum Gasteiger partial charge on any atom is 0.169 e. The number of hydrogen-bond donors (Lipinski definition) is 0. The number of pyridine rings is 1. The highest BCUT2D eigenvalue weighted by atomic mass is 19.1. The summed E-state index contributed by atoms with van der Waals surface area (Å²) in [6.45, 7) is 4.55. The van der Waals surface area contributed by atoms with E-state index in [2.05, 4.69) is 4.98 Å². The number of hydrogen-bond acceptors (Lipinski definition) is 4. The van der Waals surface area contributed by atoms with E-state index in [-0.39, 0.29) is 17.8 Å². The number of nitrogens with zero attached hydrogens (tertiary/aromatic N) is 1. The van der Waals surface area contributed by atoms with Gasteiger partial charge in [-0.15, -0.1) is 0 Å². The molecule has 1 rings (SSSR count). The molecular weight excluding hydrogens is 225 g/mol. The second kappa shape index (κ2) is 7.09. The van der Waals surface area contributed by atoms with Crippen LogP contribution in [0.2, 0.25) is 0 Å². The van der Waals surface area contributed by atoms with Crippen LogP contribution in [0.15, 0.2) is 18.5 Å². The van der Waals surface area contributed by atoms with Gasteiger partial charge in [-0.1, -0.05) is 0 Å². The Balaban J connectivity index is 2.63. The van der Waals surface area contributed by atoms with Crippen LogP contribution in [0.4, 0.5) is 4.39 Å². The molecule has 0 aliphatic heterocycles. The molecule has 0 saturated heterocycles. The second-order valence-electron chi connectivity index (χ2n) is 3.36. The molecule has 0 aliphatic rings. The number of aromatic nitrogens is 1. The van der Waals surface area contributed by atoms with Crippen LogP contribution in [-0.2, 0) is 9.47 Å². The number of Topliss-reactive ketones (excluding diaryl/α,β-unsaturated/α-hetero) is 1. The zero-order valence-electron chi connectivity index (χ0n) is 9.98. The van der Waals surface area contributed by atoms with Crippen LogP contribution in [0.5, 0.6) is 0 Å². The standard InChI is InChI=1S/C12H16FNO3/c1-3-16-12(17-4-2)6-11(15)9-5-10(13)8-14-7-9/h5,7-8,12H,3-4,6H2,1-2H3. The van der Waals surface area contributed by atoms with E-state index in [0.717, 1.165) is 12.3 Å². The minimum Gasteiger partial charge on any atom is -0.352 e. The minimum atomic E-state index is -0.583. The first-order valence-corrected chi connectivity index (χ1v) is 5.54. The Kier molecular flexibility index (Phi) is 5.72. The summed E-state index contributed by atoms with van der Waals surface area (Å²) >= 11 is 0. The number of carbonyl (C=O) groups is 1. The Morgan fingerprint density at radius 2 is 2.00 bits per heavy atom. The fourth-order valence-electron chi connectivity index (χ4n) is 1.37. The highest BCUT2D eigenvalue weighted by molar-refractivity contribution is 5.95. The molecular formula is C12H16FNO3. The summed E-state index contributed by atoms with van der Waals surface area (Å²) < 4.78 is 23.4. The molecule has 0 atom stereocenters. The molecule has 0 radical (unpaired) electrons. The molecule has 0 saturated carbocycles. The van der Waals surface area contributed by atoms with Crippen molar-refractivity contribution < 1.29 is 18.7 Å². The van der Waals surface area contributed by atoms with Crippen molar-refractivity contribution in [3.63, 3.8) is 0 Å². The lowest BCUT2D eigenvalue weighted by Gasteiger charge is -2.15. The van der Waals surface area contributed by atoms with Gasteiger partial charge in [0, 0.05) is 25.0 Å². The van der Waals surface area contributed by atoms with Gasteiger partial charge in [0.05, 0.1) is 12.6 Å². The van der Waals surface area contributed by atoms with Crippen molar-refractivity contribution in [1.29, 1.82) is 0 Å². The van der Waals surface area contributed by atoms with Crippen molar-refractivity contribution in [2.24, 2.45) is 0 Å². The van der Waals surface area contributed by atoms with Gasteiger partial charge in [-0.2, -0.15) is 0 Å². The fraction of sp³-hybridized carbons (Fsp3) is 0.500. The van der Waals surface area contributed by atoms with Gasteiger partial charge in [0.2, 0.25) is 0 Å². The molecule has 1 heterocycles. The third kappa shape index (κ3) is 4.58. The molecule has 0 unspecified atom stereocenters. The summed E-state index contributed by atoms with van der Waals surface area (Å²) in [4.78, 5) is 15.4. The van der Waals surface area contributed by atoms with Crippen molar-refractivity contribution in [2.75, 3.05) is 13.2 Å². The van der Waals surface area contributed by atoms with E-state index in [4.69, 9.17) is 9.47 Å². The predicted octanol–water partition coefficient (Wildman–Crippen LogP) is 2.19. The minimum absolute atomic E-state index is 0.0623. The predicted molar refractivity (Wildman–Crippen MR) is 60.2 cm³/mol. The largest absolute Gasteiger partial charge is 0.352 e. The summed E-state index contributed by atoms with van der Waals surface area (Å²) in [5, 5.41) is 0. The van der Waals surface area contributed by atoms with Crippen LogP contribution in [0, 0.1) is 5.82 Å². The number of ether oxygens (including phenoxy) is 2. The normalized spacial score (nSPS) is 10.8. The lowest BCUT2D eigenvalue weighted by molar-refractivity contribution is -0.133. The van der Waals surface area contributed by atoms with Crippen molar-refractivity contribution in [2.45, 2.75) is 26.6 Å². The molecule has 0 aliphatic carbocycles. The molecule has 0 N–H and O–H groups in total. The SMILES string of the molecule is CCOC(CC(=O)c1cncc(F)c1)OCC. The van der Waals surface area contributed by atoms with E-state index < -0.39 is 12.1 Å². The number of carbonyl (C=O) groups excluding carboxylic acids is 1. The highest BCUT2D eigenvalue weighted by Gasteiger charge is 2.16. The second-order valence-corrected chi connectivity index (χ2v) is 3.36. The van der Waals surface area contributed by atoms with Crippen molar-refractivity contribution in [3.05, 3.63) is 29.8 Å². The Bertz CT molecular complexity index is 365. The van der Waals surface area contributed by atoms with Crippen LogP contribution in [0.25, 0.3) is 0 Å². The molecule has 4 nitrogen and oxygen atoms in total. The van der Waals surface area contributed by atoms with E-state index in [1.54, 1.807) is 0 Å². The van der Waals surface area contributed by atoms with E-state index in [0.29, 0.717) is 13.2 Å². The van der Waals surface area contributed by atoms with Gasteiger partial charge in [-0.05, 0) is 19.9 Å². The van der Waals surface area contributed by atoms with Gasteiger partial charge < -0.3 is 9.47 Å². The van der Waals surface area contributed by atoms with E-state index in [9.17, 15) is 9.18 Å². The average molecular weight is 241 g/mol. The number of rotatable bonds is 7. The monoisotopic (exact) mass is 241 g/mol. The first kappa shape index (κ1) is 13.7. The molecule has 1 aromatic heterocycles. The van der Waals surface area contributed by atoms with Crippen LogP contribution < -0.4 is 0 Å². The van der Waals surface area contributed by atoms with Gasteiger partial charge >= 0.3 is 0 Å². The smallest absolute Gasteiger partial charge is 0.169 e. The van der Waals surface area contributed by atoms with E-state index >= 15 is 0 Å².